The lowest BCUT2D eigenvalue weighted by atomic mass is 9.93. The van der Waals surface area contributed by atoms with Crippen LogP contribution in [0.2, 0.25) is 0 Å². The summed E-state index contributed by atoms with van der Waals surface area (Å²) in [4.78, 5) is 15.5. The smallest absolute Gasteiger partial charge is 0.336 e. The van der Waals surface area contributed by atoms with Gasteiger partial charge < -0.3 is 5.11 Å². The minimum atomic E-state index is -0.949. The van der Waals surface area contributed by atoms with Gasteiger partial charge in [-0.25, -0.2) is 4.79 Å². The number of rotatable bonds is 3. The van der Waals surface area contributed by atoms with Crippen molar-refractivity contribution in [2.75, 3.05) is 0 Å². The first-order valence-electron chi connectivity index (χ1n) is 6.59. The van der Waals surface area contributed by atoms with Gasteiger partial charge in [0.25, 0.3) is 0 Å². The SMILES string of the molecule is O=C(O)c1ccncc1-c1ccccc1-c1ccccc1. The van der Waals surface area contributed by atoms with Crippen LogP contribution in [0.25, 0.3) is 22.3 Å². The van der Waals surface area contributed by atoms with Gasteiger partial charge in [0.05, 0.1) is 5.56 Å². The highest BCUT2D eigenvalue weighted by Gasteiger charge is 2.14. The molecule has 0 atom stereocenters. The van der Waals surface area contributed by atoms with Gasteiger partial charge in [0.1, 0.15) is 0 Å². The number of hydrogen-bond donors (Lipinski definition) is 1. The maximum absolute atomic E-state index is 11.4. The van der Waals surface area contributed by atoms with Crippen LogP contribution in [0.4, 0.5) is 0 Å². The maximum Gasteiger partial charge on any atom is 0.336 e. The molecule has 3 aromatic rings. The van der Waals surface area contributed by atoms with E-state index in [0.717, 1.165) is 16.7 Å². The highest BCUT2D eigenvalue weighted by molar-refractivity contribution is 5.98. The van der Waals surface area contributed by atoms with E-state index in [1.54, 1.807) is 6.20 Å². The molecule has 1 N–H and O–H groups in total. The molecule has 0 spiro atoms. The van der Waals surface area contributed by atoms with E-state index in [0.29, 0.717) is 5.56 Å². The molecule has 102 valence electrons. The summed E-state index contributed by atoms with van der Waals surface area (Å²) in [5, 5.41) is 9.36. The van der Waals surface area contributed by atoms with Gasteiger partial charge in [0.15, 0.2) is 0 Å². The lowest BCUT2D eigenvalue weighted by molar-refractivity contribution is 0.0697. The van der Waals surface area contributed by atoms with Gasteiger partial charge in [-0.2, -0.15) is 0 Å². The average molecular weight is 275 g/mol. The van der Waals surface area contributed by atoms with Gasteiger partial charge in [0.2, 0.25) is 0 Å². The minimum Gasteiger partial charge on any atom is -0.478 e. The van der Waals surface area contributed by atoms with Crippen molar-refractivity contribution in [1.29, 1.82) is 0 Å². The Kier molecular flexibility index (Phi) is 3.48. The summed E-state index contributed by atoms with van der Waals surface area (Å²) in [5.41, 5.74) is 3.80. The quantitative estimate of drug-likeness (QED) is 0.782. The Balaban J connectivity index is 2.24. The molecule has 3 heteroatoms. The van der Waals surface area contributed by atoms with Crippen LogP contribution in [0.15, 0.2) is 73.1 Å². The number of hydrogen-bond acceptors (Lipinski definition) is 2. The summed E-state index contributed by atoms with van der Waals surface area (Å²) in [6.45, 7) is 0. The van der Waals surface area contributed by atoms with Crippen molar-refractivity contribution in [2.45, 2.75) is 0 Å². The Labute approximate surface area is 122 Å². The normalized spacial score (nSPS) is 10.3. The summed E-state index contributed by atoms with van der Waals surface area (Å²) >= 11 is 0. The third-order valence-electron chi connectivity index (χ3n) is 3.35. The molecule has 0 saturated heterocycles. The molecule has 1 heterocycles. The van der Waals surface area contributed by atoms with Gasteiger partial charge in [-0.1, -0.05) is 54.6 Å². The monoisotopic (exact) mass is 275 g/mol. The van der Waals surface area contributed by atoms with Gasteiger partial charge in [-0.3, -0.25) is 4.98 Å². The molecule has 0 bridgehead atoms. The molecular weight excluding hydrogens is 262 g/mol. The molecule has 21 heavy (non-hydrogen) atoms. The summed E-state index contributed by atoms with van der Waals surface area (Å²) < 4.78 is 0. The van der Waals surface area contributed by atoms with E-state index < -0.39 is 5.97 Å². The largest absolute Gasteiger partial charge is 0.478 e. The van der Waals surface area contributed by atoms with Gasteiger partial charge in [0, 0.05) is 18.0 Å². The summed E-state index contributed by atoms with van der Waals surface area (Å²) in [7, 11) is 0. The molecule has 0 aliphatic carbocycles. The molecule has 0 aliphatic heterocycles. The Hall–Kier alpha value is -2.94. The van der Waals surface area contributed by atoms with Crippen molar-refractivity contribution in [3.63, 3.8) is 0 Å². The second-order valence-corrected chi connectivity index (χ2v) is 4.64. The van der Waals surface area contributed by atoms with Crippen molar-refractivity contribution in [3.05, 3.63) is 78.6 Å². The first-order valence-corrected chi connectivity index (χ1v) is 6.59. The number of carboxylic acids is 1. The third kappa shape index (κ3) is 2.54. The maximum atomic E-state index is 11.4. The van der Waals surface area contributed by atoms with Crippen LogP contribution in [0.1, 0.15) is 10.4 Å². The topological polar surface area (TPSA) is 50.2 Å². The van der Waals surface area contributed by atoms with Crippen molar-refractivity contribution < 1.29 is 9.90 Å². The van der Waals surface area contributed by atoms with Crippen molar-refractivity contribution in [1.82, 2.24) is 4.98 Å². The van der Waals surface area contributed by atoms with Gasteiger partial charge in [-0.15, -0.1) is 0 Å². The molecule has 0 fully saturated rings. The van der Waals surface area contributed by atoms with Crippen LogP contribution < -0.4 is 0 Å². The predicted molar refractivity (Wildman–Crippen MR) is 82.1 cm³/mol. The predicted octanol–water partition coefficient (Wildman–Crippen LogP) is 4.11. The minimum absolute atomic E-state index is 0.258. The van der Waals surface area contributed by atoms with E-state index >= 15 is 0 Å². The molecular formula is C18H13NO2. The summed E-state index contributed by atoms with van der Waals surface area (Å²) in [5.74, 6) is -0.949. The fraction of sp³-hybridized carbons (Fsp3) is 0. The number of aromatic carboxylic acids is 1. The Morgan fingerprint density at radius 2 is 1.48 bits per heavy atom. The van der Waals surface area contributed by atoms with E-state index in [9.17, 15) is 9.90 Å². The van der Waals surface area contributed by atoms with Crippen LogP contribution in [-0.2, 0) is 0 Å². The molecule has 2 aromatic carbocycles. The zero-order chi connectivity index (χ0) is 14.7. The van der Waals surface area contributed by atoms with Crippen LogP contribution in [0.5, 0.6) is 0 Å². The fourth-order valence-electron chi connectivity index (χ4n) is 2.38. The van der Waals surface area contributed by atoms with Crippen molar-refractivity contribution in [2.24, 2.45) is 0 Å². The number of carboxylic acid groups (broad SMARTS) is 1. The van der Waals surface area contributed by atoms with Crippen LogP contribution in [0, 0.1) is 0 Å². The van der Waals surface area contributed by atoms with E-state index in [1.165, 1.54) is 12.3 Å². The molecule has 1 aromatic heterocycles. The highest BCUT2D eigenvalue weighted by atomic mass is 16.4. The van der Waals surface area contributed by atoms with Gasteiger partial charge in [-0.05, 0) is 22.8 Å². The van der Waals surface area contributed by atoms with Crippen LogP contribution in [-0.4, -0.2) is 16.1 Å². The lowest BCUT2D eigenvalue weighted by Crippen LogP contribution is -2.00. The number of aromatic nitrogens is 1. The number of nitrogens with zero attached hydrogens (tertiary/aromatic N) is 1. The molecule has 0 saturated carbocycles. The van der Waals surface area contributed by atoms with Crippen molar-refractivity contribution >= 4 is 5.97 Å². The summed E-state index contributed by atoms with van der Waals surface area (Å²) in [6.07, 6.45) is 3.10. The number of benzene rings is 2. The fourth-order valence-corrected chi connectivity index (χ4v) is 2.38. The Bertz CT molecular complexity index is 782. The van der Waals surface area contributed by atoms with E-state index in [2.05, 4.69) is 4.98 Å². The molecule has 3 rings (SSSR count). The Morgan fingerprint density at radius 1 is 0.810 bits per heavy atom. The second kappa shape index (κ2) is 5.59. The Morgan fingerprint density at radius 3 is 2.19 bits per heavy atom. The van der Waals surface area contributed by atoms with Crippen molar-refractivity contribution in [3.8, 4) is 22.3 Å². The zero-order valence-electron chi connectivity index (χ0n) is 11.2. The standard InChI is InChI=1S/C18H13NO2/c20-18(21)16-10-11-19-12-17(16)15-9-5-4-8-14(15)13-6-2-1-3-7-13/h1-12H,(H,20,21). The zero-order valence-corrected chi connectivity index (χ0v) is 11.2. The van der Waals surface area contributed by atoms with Gasteiger partial charge >= 0.3 is 5.97 Å². The van der Waals surface area contributed by atoms with Crippen LogP contribution in [0.3, 0.4) is 0 Å². The van der Waals surface area contributed by atoms with E-state index in [1.807, 2.05) is 54.6 Å². The molecule has 0 unspecified atom stereocenters. The highest BCUT2D eigenvalue weighted by Crippen LogP contribution is 2.33. The number of carbonyl (C=O) groups is 1. The first kappa shape index (κ1) is 13.1. The number of pyridine rings is 1. The van der Waals surface area contributed by atoms with E-state index in [4.69, 9.17) is 0 Å². The molecule has 0 radical (unpaired) electrons. The molecule has 0 amide bonds. The molecule has 3 nitrogen and oxygen atoms in total. The lowest BCUT2D eigenvalue weighted by Gasteiger charge is -2.11. The third-order valence-corrected chi connectivity index (χ3v) is 3.35. The molecule has 0 aliphatic rings. The van der Waals surface area contributed by atoms with E-state index in [-0.39, 0.29) is 5.56 Å². The summed E-state index contributed by atoms with van der Waals surface area (Å²) in [6, 6.07) is 19.2. The first-order chi connectivity index (χ1) is 10.3. The average Bonchev–Trinajstić information content (AvgIpc) is 2.55. The van der Waals surface area contributed by atoms with Crippen LogP contribution >= 0.6 is 0 Å². The second-order valence-electron chi connectivity index (χ2n) is 4.64.